The molecule has 1 N–H and O–H groups in total. The van der Waals surface area contributed by atoms with E-state index in [4.69, 9.17) is 16.3 Å². The van der Waals surface area contributed by atoms with Gasteiger partial charge in [-0.05, 0) is 48.4 Å². The molecule has 1 aliphatic rings. The van der Waals surface area contributed by atoms with E-state index < -0.39 is 35.1 Å². The van der Waals surface area contributed by atoms with Gasteiger partial charge in [0.05, 0.1) is 22.0 Å². The Morgan fingerprint density at radius 2 is 1.78 bits per heavy atom. The Labute approximate surface area is 210 Å². The number of amides is 1. The first-order valence-corrected chi connectivity index (χ1v) is 12.4. The van der Waals surface area contributed by atoms with Gasteiger partial charge in [-0.15, -0.1) is 0 Å². The van der Waals surface area contributed by atoms with Crippen LogP contribution in [-0.4, -0.2) is 40.1 Å². The maximum atomic E-state index is 13.3. The topological polar surface area (TPSA) is 102 Å². The van der Waals surface area contributed by atoms with Crippen LogP contribution in [0.15, 0.2) is 71.6 Å². The van der Waals surface area contributed by atoms with E-state index in [0.717, 1.165) is 11.6 Å². The van der Waals surface area contributed by atoms with E-state index in [1.165, 1.54) is 40.7 Å². The van der Waals surface area contributed by atoms with Crippen LogP contribution in [0.25, 0.3) is 0 Å². The van der Waals surface area contributed by atoms with Gasteiger partial charge in [-0.1, -0.05) is 41.9 Å². The van der Waals surface area contributed by atoms with Crippen LogP contribution in [-0.2, 0) is 26.0 Å². The third-order valence-corrected chi connectivity index (χ3v) is 7.59. The van der Waals surface area contributed by atoms with E-state index in [1.54, 1.807) is 12.1 Å². The predicted octanol–water partition coefficient (Wildman–Crippen LogP) is 4.49. The van der Waals surface area contributed by atoms with Crippen LogP contribution in [0.5, 0.6) is 5.75 Å². The SMILES string of the molecule is O=C(COC(=O)c1ccc(Cl)c(S(=O)(=O)N2CCc3ccccc32)c1)Nc1ccccc1OC(F)F. The quantitative estimate of drug-likeness (QED) is 0.426. The number of anilines is 2. The summed E-state index contributed by atoms with van der Waals surface area (Å²) >= 11 is 6.17. The molecule has 0 spiro atoms. The number of benzene rings is 3. The number of fused-ring (bicyclic) bond motifs is 1. The van der Waals surface area contributed by atoms with Crippen molar-refractivity contribution in [2.24, 2.45) is 0 Å². The minimum absolute atomic E-state index is 0.0374. The van der Waals surface area contributed by atoms with Crippen LogP contribution in [0.1, 0.15) is 15.9 Å². The first-order valence-electron chi connectivity index (χ1n) is 10.6. The second-order valence-electron chi connectivity index (χ2n) is 7.60. The van der Waals surface area contributed by atoms with Gasteiger partial charge in [-0.3, -0.25) is 9.10 Å². The first-order chi connectivity index (χ1) is 17.2. The average molecular weight is 537 g/mol. The molecule has 0 saturated heterocycles. The van der Waals surface area contributed by atoms with Crippen molar-refractivity contribution in [2.45, 2.75) is 17.9 Å². The number of nitrogens with one attached hydrogen (secondary N) is 1. The lowest BCUT2D eigenvalue weighted by molar-refractivity contribution is -0.119. The molecule has 1 aliphatic heterocycles. The van der Waals surface area contributed by atoms with Crippen LogP contribution in [0.2, 0.25) is 5.02 Å². The van der Waals surface area contributed by atoms with Gasteiger partial charge in [0.1, 0.15) is 10.6 Å². The van der Waals surface area contributed by atoms with Gasteiger partial charge in [0.2, 0.25) is 0 Å². The lowest BCUT2D eigenvalue weighted by Gasteiger charge is -2.20. The number of alkyl halides is 2. The monoisotopic (exact) mass is 536 g/mol. The Kier molecular flexibility index (Phi) is 7.41. The summed E-state index contributed by atoms with van der Waals surface area (Å²) in [5, 5.41) is 2.24. The van der Waals surface area contributed by atoms with Gasteiger partial charge in [0.15, 0.2) is 6.61 Å². The number of carbonyl (C=O) groups is 2. The summed E-state index contributed by atoms with van der Waals surface area (Å²) in [5.41, 5.74) is 1.23. The van der Waals surface area contributed by atoms with Gasteiger partial charge in [0.25, 0.3) is 15.9 Å². The summed E-state index contributed by atoms with van der Waals surface area (Å²) in [5.74, 6) is -2.05. The Balaban J connectivity index is 1.46. The van der Waals surface area contributed by atoms with Crippen LogP contribution in [0.4, 0.5) is 20.2 Å². The number of carbonyl (C=O) groups excluding carboxylic acids is 2. The fourth-order valence-corrected chi connectivity index (χ4v) is 5.68. The number of rotatable bonds is 8. The van der Waals surface area contributed by atoms with E-state index in [-0.39, 0.29) is 33.5 Å². The minimum atomic E-state index is -4.09. The molecular weight excluding hydrogens is 518 g/mol. The maximum absolute atomic E-state index is 13.3. The third-order valence-electron chi connectivity index (χ3n) is 5.29. The zero-order valence-electron chi connectivity index (χ0n) is 18.5. The molecule has 36 heavy (non-hydrogen) atoms. The molecule has 12 heteroatoms. The summed E-state index contributed by atoms with van der Waals surface area (Å²) < 4.78 is 62.3. The van der Waals surface area contributed by atoms with Crippen LogP contribution in [0, 0.1) is 0 Å². The summed E-state index contributed by atoms with van der Waals surface area (Å²) in [6.45, 7) is -3.62. The molecule has 188 valence electrons. The molecule has 0 atom stereocenters. The zero-order chi connectivity index (χ0) is 25.9. The highest BCUT2D eigenvalue weighted by Gasteiger charge is 2.32. The van der Waals surface area contributed by atoms with E-state index in [9.17, 15) is 26.8 Å². The summed E-state index contributed by atoms with van der Waals surface area (Å²) in [4.78, 5) is 24.5. The van der Waals surface area contributed by atoms with Crippen molar-refractivity contribution in [3.8, 4) is 5.75 Å². The molecule has 1 amide bonds. The highest BCUT2D eigenvalue weighted by atomic mass is 35.5. The van der Waals surface area contributed by atoms with Crippen molar-refractivity contribution in [1.29, 1.82) is 0 Å². The highest BCUT2D eigenvalue weighted by molar-refractivity contribution is 7.93. The average Bonchev–Trinajstić information content (AvgIpc) is 3.29. The first kappa shape index (κ1) is 25.4. The molecule has 1 heterocycles. The van der Waals surface area contributed by atoms with Gasteiger partial charge < -0.3 is 14.8 Å². The standard InChI is InChI=1S/C24H19ClF2N2O6S/c25-17-10-9-16(13-21(17)36(32,33)29-12-11-15-5-1-3-7-19(15)29)23(31)34-14-22(30)28-18-6-2-4-8-20(18)35-24(26)27/h1-10,13,24H,11-12,14H2,(H,28,30). The van der Waals surface area contributed by atoms with Crippen molar-refractivity contribution in [1.82, 2.24) is 0 Å². The second-order valence-corrected chi connectivity index (χ2v) is 9.84. The Bertz CT molecular complexity index is 1420. The molecule has 8 nitrogen and oxygen atoms in total. The highest BCUT2D eigenvalue weighted by Crippen LogP contribution is 2.35. The molecule has 0 aromatic heterocycles. The molecule has 3 aromatic carbocycles. The van der Waals surface area contributed by atoms with Gasteiger partial charge in [-0.2, -0.15) is 8.78 Å². The summed E-state index contributed by atoms with van der Waals surface area (Å²) in [6.07, 6.45) is 0.537. The number of nitrogens with zero attached hydrogens (tertiary/aromatic N) is 1. The smallest absolute Gasteiger partial charge is 0.387 e. The van der Waals surface area contributed by atoms with E-state index in [1.807, 2.05) is 12.1 Å². The number of sulfonamides is 1. The number of ether oxygens (including phenoxy) is 2. The molecule has 0 fully saturated rings. The number of halogens is 3. The van der Waals surface area contributed by atoms with Crippen molar-refractivity contribution in [3.05, 3.63) is 82.9 Å². The van der Waals surface area contributed by atoms with Crippen molar-refractivity contribution in [2.75, 3.05) is 22.8 Å². The fourth-order valence-electron chi connectivity index (χ4n) is 3.67. The van der Waals surface area contributed by atoms with Gasteiger partial charge in [-0.25, -0.2) is 13.2 Å². The zero-order valence-corrected chi connectivity index (χ0v) is 20.1. The van der Waals surface area contributed by atoms with Crippen LogP contribution < -0.4 is 14.4 Å². The fraction of sp³-hybridized carbons (Fsp3) is 0.167. The lowest BCUT2D eigenvalue weighted by Crippen LogP contribution is -2.29. The number of hydrogen-bond acceptors (Lipinski definition) is 6. The van der Waals surface area contributed by atoms with Crippen molar-refractivity contribution in [3.63, 3.8) is 0 Å². The summed E-state index contributed by atoms with van der Waals surface area (Å²) in [6, 6.07) is 16.2. The molecule has 0 bridgehead atoms. The third kappa shape index (κ3) is 5.42. The van der Waals surface area contributed by atoms with E-state index in [0.29, 0.717) is 12.1 Å². The van der Waals surface area contributed by atoms with E-state index in [2.05, 4.69) is 10.1 Å². The largest absolute Gasteiger partial charge is 0.452 e. The number of hydrogen-bond donors (Lipinski definition) is 1. The number of para-hydroxylation sites is 3. The van der Waals surface area contributed by atoms with Crippen LogP contribution in [0.3, 0.4) is 0 Å². The Morgan fingerprint density at radius 3 is 2.56 bits per heavy atom. The molecule has 0 unspecified atom stereocenters. The van der Waals surface area contributed by atoms with Crippen molar-refractivity contribution < 1.29 is 36.3 Å². The Hall–Kier alpha value is -3.70. The molecule has 0 aliphatic carbocycles. The molecule has 0 saturated carbocycles. The lowest BCUT2D eigenvalue weighted by atomic mass is 10.2. The molecule has 4 rings (SSSR count). The molecular formula is C24H19ClF2N2O6S. The number of esters is 1. The minimum Gasteiger partial charge on any atom is -0.452 e. The maximum Gasteiger partial charge on any atom is 0.387 e. The normalized spacial score (nSPS) is 12.8. The van der Waals surface area contributed by atoms with Crippen LogP contribution >= 0.6 is 11.6 Å². The van der Waals surface area contributed by atoms with Gasteiger partial charge >= 0.3 is 12.6 Å². The molecule has 3 aromatic rings. The summed E-state index contributed by atoms with van der Waals surface area (Å²) in [7, 11) is -4.09. The predicted molar refractivity (Wildman–Crippen MR) is 128 cm³/mol. The van der Waals surface area contributed by atoms with E-state index >= 15 is 0 Å². The second kappa shape index (κ2) is 10.5. The Morgan fingerprint density at radius 1 is 1.06 bits per heavy atom. The van der Waals surface area contributed by atoms with Crippen molar-refractivity contribution >= 4 is 44.9 Å². The molecule has 0 radical (unpaired) electrons. The van der Waals surface area contributed by atoms with Gasteiger partial charge in [0, 0.05) is 6.54 Å².